The summed E-state index contributed by atoms with van der Waals surface area (Å²) in [6.45, 7) is 1.87. The van der Waals surface area contributed by atoms with E-state index in [-0.39, 0.29) is 11.4 Å². The maximum atomic E-state index is 13.4. The van der Waals surface area contributed by atoms with E-state index in [2.05, 4.69) is 10.5 Å². The number of halogens is 2. The largest absolute Gasteiger partial charge is 0.361 e. The molecule has 1 heterocycles. The van der Waals surface area contributed by atoms with Crippen LogP contribution in [0.25, 0.3) is 0 Å². The third kappa shape index (κ3) is 2.68. The first-order chi connectivity index (χ1) is 8.60. The van der Waals surface area contributed by atoms with Gasteiger partial charge in [-0.1, -0.05) is 23.7 Å². The van der Waals surface area contributed by atoms with E-state index >= 15 is 0 Å². The number of amides is 1. The first-order valence-corrected chi connectivity index (χ1v) is 5.70. The highest BCUT2D eigenvalue weighted by molar-refractivity contribution is 6.31. The molecule has 1 amide bonds. The fourth-order valence-electron chi connectivity index (χ4n) is 1.37. The van der Waals surface area contributed by atoms with Gasteiger partial charge in [-0.05, 0) is 18.2 Å². The molecule has 0 bridgehead atoms. The highest BCUT2D eigenvalue weighted by Crippen LogP contribution is 2.20. The first-order valence-electron chi connectivity index (χ1n) is 5.32. The van der Waals surface area contributed by atoms with Crippen LogP contribution < -0.4 is 5.32 Å². The van der Waals surface area contributed by atoms with E-state index in [1.165, 1.54) is 24.3 Å². The van der Waals surface area contributed by atoms with Gasteiger partial charge in [0.25, 0.3) is 5.91 Å². The lowest BCUT2D eigenvalue weighted by Crippen LogP contribution is -2.13. The number of hydrogen-bond donors (Lipinski definition) is 1. The quantitative estimate of drug-likeness (QED) is 0.929. The van der Waals surface area contributed by atoms with Crippen molar-refractivity contribution in [1.82, 2.24) is 5.16 Å². The van der Waals surface area contributed by atoms with Crippen LogP contribution in [0.5, 0.6) is 0 Å². The van der Waals surface area contributed by atoms with E-state index in [0.29, 0.717) is 17.2 Å². The van der Waals surface area contributed by atoms with Gasteiger partial charge in [0.1, 0.15) is 11.6 Å². The maximum absolute atomic E-state index is 13.4. The molecule has 2 rings (SSSR count). The van der Waals surface area contributed by atoms with Crippen LogP contribution in [0.4, 0.5) is 10.1 Å². The molecular formula is C12H10ClFN2O2. The lowest BCUT2D eigenvalue weighted by Gasteiger charge is -2.04. The van der Waals surface area contributed by atoms with Crippen molar-refractivity contribution in [3.63, 3.8) is 0 Å². The van der Waals surface area contributed by atoms with Gasteiger partial charge in [0.2, 0.25) is 0 Å². The molecule has 4 nitrogen and oxygen atoms in total. The van der Waals surface area contributed by atoms with Gasteiger partial charge in [-0.2, -0.15) is 0 Å². The smallest absolute Gasteiger partial charge is 0.277 e. The van der Waals surface area contributed by atoms with Gasteiger partial charge in [0, 0.05) is 17.5 Å². The number of aromatic nitrogens is 1. The molecule has 1 aromatic heterocycles. The summed E-state index contributed by atoms with van der Waals surface area (Å²) in [5.41, 5.74) is 0.111. The van der Waals surface area contributed by atoms with Gasteiger partial charge in [-0.25, -0.2) is 4.39 Å². The molecule has 0 saturated carbocycles. The fourth-order valence-corrected chi connectivity index (χ4v) is 1.54. The molecule has 0 atom stereocenters. The Hall–Kier alpha value is -1.88. The molecule has 1 aromatic carbocycles. The van der Waals surface area contributed by atoms with Gasteiger partial charge < -0.3 is 9.84 Å². The highest BCUT2D eigenvalue weighted by Gasteiger charge is 2.14. The van der Waals surface area contributed by atoms with Crippen LogP contribution in [0.1, 0.15) is 23.2 Å². The van der Waals surface area contributed by atoms with Gasteiger partial charge >= 0.3 is 0 Å². The Morgan fingerprint density at radius 3 is 2.94 bits per heavy atom. The molecule has 0 aliphatic rings. The second-order valence-corrected chi connectivity index (χ2v) is 4.05. The predicted molar refractivity (Wildman–Crippen MR) is 65.2 cm³/mol. The number of rotatable bonds is 3. The van der Waals surface area contributed by atoms with Crippen LogP contribution in [0, 0.1) is 5.82 Å². The molecule has 2 aromatic rings. The van der Waals surface area contributed by atoms with Crippen LogP contribution in [0.15, 0.2) is 28.8 Å². The van der Waals surface area contributed by atoms with Gasteiger partial charge in [0.15, 0.2) is 5.69 Å². The lowest BCUT2D eigenvalue weighted by atomic mass is 10.2. The molecule has 0 unspecified atom stereocenters. The number of nitrogens with zero attached hydrogens (tertiary/aromatic N) is 1. The van der Waals surface area contributed by atoms with Gasteiger partial charge in [-0.3, -0.25) is 4.79 Å². The number of carbonyl (C=O) groups excluding carboxylic acids is 1. The third-order valence-electron chi connectivity index (χ3n) is 2.32. The van der Waals surface area contributed by atoms with Gasteiger partial charge in [0.05, 0.1) is 5.69 Å². The highest BCUT2D eigenvalue weighted by atomic mass is 35.5. The molecule has 1 N–H and O–H groups in total. The Morgan fingerprint density at radius 1 is 1.50 bits per heavy atom. The second kappa shape index (κ2) is 5.18. The van der Waals surface area contributed by atoms with Crippen molar-refractivity contribution in [2.75, 3.05) is 5.32 Å². The number of carbonyl (C=O) groups is 1. The molecule has 0 aliphatic carbocycles. The number of hydrogen-bond acceptors (Lipinski definition) is 3. The molecule has 0 fully saturated rings. The van der Waals surface area contributed by atoms with Crippen LogP contribution in [0.3, 0.4) is 0 Å². The summed E-state index contributed by atoms with van der Waals surface area (Å²) in [6, 6.07) is 5.42. The average Bonchev–Trinajstić information content (AvgIpc) is 2.82. The van der Waals surface area contributed by atoms with E-state index in [4.69, 9.17) is 16.1 Å². The molecule has 6 heteroatoms. The fraction of sp³-hybridized carbons (Fsp3) is 0.167. The topological polar surface area (TPSA) is 55.1 Å². The summed E-state index contributed by atoms with van der Waals surface area (Å²) < 4.78 is 18.3. The van der Waals surface area contributed by atoms with Crippen molar-refractivity contribution in [3.05, 3.63) is 46.6 Å². The van der Waals surface area contributed by atoms with Crippen LogP contribution >= 0.6 is 11.6 Å². The Bertz CT molecular complexity index is 583. The molecule has 0 aliphatic heterocycles. The van der Waals surface area contributed by atoms with E-state index in [9.17, 15) is 9.18 Å². The van der Waals surface area contributed by atoms with Crippen molar-refractivity contribution in [2.45, 2.75) is 13.3 Å². The Kier molecular flexibility index (Phi) is 3.62. The molecule has 18 heavy (non-hydrogen) atoms. The molecular weight excluding hydrogens is 259 g/mol. The predicted octanol–water partition coefficient (Wildman–Crippen LogP) is 3.28. The zero-order valence-corrected chi connectivity index (χ0v) is 10.3. The lowest BCUT2D eigenvalue weighted by molar-refractivity contribution is 0.101. The number of aryl methyl sites for hydroxylation is 1. The minimum absolute atomic E-state index is 0.00792. The number of nitrogens with one attached hydrogen (secondary N) is 1. The Balaban J connectivity index is 2.18. The summed E-state index contributed by atoms with van der Waals surface area (Å²) >= 11 is 5.72. The zero-order chi connectivity index (χ0) is 13.1. The van der Waals surface area contributed by atoms with Crippen molar-refractivity contribution in [3.8, 4) is 0 Å². The van der Waals surface area contributed by atoms with Crippen LogP contribution in [-0.2, 0) is 6.42 Å². The summed E-state index contributed by atoms with van der Waals surface area (Å²) in [5.74, 6) is -0.515. The number of benzene rings is 1. The molecule has 0 radical (unpaired) electrons. The summed E-state index contributed by atoms with van der Waals surface area (Å²) in [5, 5.41) is 6.31. The second-order valence-electron chi connectivity index (χ2n) is 3.61. The van der Waals surface area contributed by atoms with Gasteiger partial charge in [-0.15, -0.1) is 0 Å². The normalized spacial score (nSPS) is 10.4. The standard InChI is InChI=1S/C12H10ClFN2O2/c1-2-8-6-11(16-18-8)12(17)15-10-5-7(13)3-4-9(10)14/h3-6H,2H2,1H3,(H,15,17). The minimum atomic E-state index is -0.563. The van der Waals surface area contributed by atoms with Crippen molar-refractivity contribution in [2.24, 2.45) is 0 Å². The maximum Gasteiger partial charge on any atom is 0.277 e. The molecule has 94 valence electrons. The average molecular weight is 269 g/mol. The first kappa shape index (κ1) is 12.6. The van der Waals surface area contributed by atoms with Crippen molar-refractivity contribution in [1.29, 1.82) is 0 Å². The van der Waals surface area contributed by atoms with E-state index in [0.717, 1.165) is 0 Å². The minimum Gasteiger partial charge on any atom is -0.361 e. The van der Waals surface area contributed by atoms with Crippen LogP contribution in [-0.4, -0.2) is 11.1 Å². The van der Waals surface area contributed by atoms with Crippen molar-refractivity contribution >= 4 is 23.2 Å². The SMILES string of the molecule is CCc1cc(C(=O)Nc2cc(Cl)ccc2F)no1. The van der Waals surface area contributed by atoms with Crippen LogP contribution in [0.2, 0.25) is 5.02 Å². The van der Waals surface area contributed by atoms with E-state index < -0.39 is 11.7 Å². The summed E-state index contributed by atoms with van der Waals surface area (Å²) in [6.07, 6.45) is 0.631. The summed E-state index contributed by atoms with van der Waals surface area (Å²) in [7, 11) is 0. The third-order valence-corrected chi connectivity index (χ3v) is 2.55. The van der Waals surface area contributed by atoms with E-state index in [1.54, 1.807) is 0 Å². The molecule has 0 spiro atoms. The van der Waals surface area contributed by atoms with Crippen molar-refractivity contribution < 1.29 is 13.7 Å². The van der Waals surface area contributed by atoms with E-state index in [1.807, 2.05) is 6.92 Å². The number of anilines is 1. The summed E-state index contributed by atoms with van der Waals surface area (Å²) in [4.78, 5) is 11.8. The zero-order valence-electron chi connectivity index (χ0n) is 9.54. The Labute approximate surface area is 108 Å². The Morgan fingerprint density at radius 2 is 2.28 bits per heavy atom. The molecule has 0 saturated heterocycles. The monoisotopic (exact) mass is 268 g/mol.